The Morgan fingerprint density at radius 2 is 2.05 bits per heavy atom. The van der Waals surface area contributed by atoms with Crippen LogP contribution in [0.1, 0.15) is 64.1 Å². The molecule has 6 heteroatoms. The molecule has 21 heavy (non-hydrogen) atoms. The number of aromatic nitrogens is 4. The summed E-state index contributed by atoms with van der Waals surface area (Å²) in [6, 6.07) is 0. The second-order valence-electron chi connectivity index (χ2n) is 6.21. The van der Waals surface area contributed by atoms with E-state index in [2.05, 4.69) is 15.5 Å². The lowest BCUT2D eigenvalue weighted by Crippen LogP contribution is -2.18. The summed E-state index contributed by atoms with van der Waals surface area (Å²) in [5.41, 5.74) is 0. The maximum atomic E-state index is 10.9. The molecule has 0 aliphatic heterocycles. The number of carboxylic acid groups (broad SMARTS) is 1. The lowest BCUT2D eigenvalue weighted by atomic mass is 9.96. The average Bonchev–Trinajstić information content (AvgIpc) is 2.72. The minimum atomic E-state index is -0.750. The molecule has 0 saturated heterocycles. The highest BCUT2D eigenvalue weighted by Crippen LogP contribution is 2.25. The van der Waals surface area contributed by atoms with E-state index < -0.39 is 5.97 Å². The van der Waals surface area contributed by atoms with Crippen LogP contribution in [0.4, 0.5) is 0 Å². The third-order valence-corrected chi connectivity index (χ3v) is 4.52. The molecule has 0 amide bonds. The summed E-state index contributed by atoms with van der Waals surface area (Å²) in [6.45, 7) is 2.63. The fraction of sp³-hybridized carbons (Fsp3) is 0.867. The number of rotatable bonds is 7. The lowest BCUT2D eigenvalue weighted by molar-refractivity contribution is -0.138. The number of tetrazole rings is 1. The van der Waals surface area contributed by atoms with Crippen molar-refractivity contribution < 1.29 is 9.90 Å². The van der Waals surface area contributed by atoms with Crippen molar-refractivity contribution in [1.29, 1.82) is 0 Å². The van der Waals surface area contributed by atoms with Crippen LogP contribution in [0.3, 0.4) is 0 Å². The predicted molar refractivity (Wildman–Crippen MR) is 78.7 cm³/mol. The first-order valence-electron chi connectivity index (χ1n) is 8.15. The molecule has 0 radical (unpaired) electrons. The summed E-state index contributed by atoms with van der Waals surface area (Å²) in [6.07, 6.45) is 9.77. The molecular formula is C15H26N4O2. The largest absolute Gasteiger partial charge is 0.481 e. The van der Waals surface area contributed by atoms with E-state index in [1.54, 1.807) is 0 Å². The Balaban J connectivity index is 1.95. The first kappa shape index (κ1) is 15.9. The summed E-state index contributed by atoms with van der Waals surface area (Å²) in [5.74, 6) is 0.946. The van der Waals surface area contributed by atoms with Gasteiger partial charge in [0.05, 0.1) is 0 Å². The minimum Gasteiger partial charge on any atom is -0.481 e. The molecular weight excluding hydrogens is 268 g/mol. The molecule has 1 fully saturated rings. The van der Waals surface area contributed by atoms with Crippen LogP contribution in [0.15, 0.2) is 0 Å². The van der Waals surface area contributed by atoms with Gasteiger partial charge in [-0.3, -0.25) is 4.79 Å². The molecule has 1 aliphatic rings. The molecule has 2 rings (SSSR count). The summed E-state index contributed by atoms with van der Waals surface area (Å²) in [5, 5.41) is 21.0. The highest BCUT2D eigenvalue weighted by molar-refractivity contribution is 5.66. The van der Waals surface area contributed by atoms with Crippen molar-refractivity contribution in [2.24, 2.45) is 11.8 Å². The number of carboxylic acids is 1. The predicted octanol–water partition coefficient (Wildman–Crippen LogP) is 2.69. The highest BCUT2D eigenvalue weighted by atomic mass is 16.4. The number of nitrogens with zero attached hydrogens (tertiary/aromatic N) is 4. The van der Waals surface area contributed by atoms with E-state index in [0.717, 1.165) is 18.7 Å². The van der Waals surface area contributed by atoms with E-state index in [-0.39, 0.29) is 12.3 Å². The van der Waals surface area contributed by atoms with E-state index in [1.165, 1.54) is 38.5 Å². The van der Waals surface area contributed by atoms with Crippen LogP contribution in [0.2, 0.25) is 0 Å². The normalized spacial score (nSPS) is 18.3. The average molecular weight is 294 g/mol. The van der Waals surface area contributed by atoms with Crippen molar-refractivity contribution >= 4 is 5.97 Å². The second-order valence-corrected chi connectivity index (χ2v) is 6.21. The van der Waals surface area contributed by atoms with Gasteiger partial charge >= 0.3 is 5.97 Å². The number of aliphatic carboxylic acids is 1. The van der Waals surface area contributed by atoms with E-state index in [9.17, 15) is 4.79 Å². The van der Waals surface area contributed by atoms with E-state index in [0.29, 0.717) is 12.5 Å². The Kier molecular flexibility index (Phi) is 6.14. The van der Waals surface area contributed by atoms with Gasteiger partial charge in [-0.2, -0.15) is 0 Å². The monoisotopic (exact) mass is 294 g/mol. The van der Waals surface area contributed by atoms with Crippen LogP contribution in [-0.4, -0.2) is 31.3 Å². The zero-order valence-corrected chi connectivity index (χ0v) is 12.9. The van der Waals surface area contributed by atoms with Gasteiger partial charge in [0, 0.05) is 19.4 Å². The summed E-state index contributed by atoms with van der Waals surface area (Å²) in [7, 11) is 0. The Bertz CT molecular complexity index is 439. The molecule has 1 N–H and O–H groups in total. The number of hydrogen-bond donors (Lipinski definition) is 1. The van der Waals surface area contributed by atoms with Crippen molar-refractivity contribution in [3.63, 3.8) is 0 Å². The third kappa shape index (κ3) is 5.10. The van der Waals surface area contributed by atoms with Crippen LogP contribution in [0.5, 0.6) is 0 Å². The van der Waals surface area contributed by atoms with Gasteiger partial charge in [0.25, 0.3) is 0 Å². The lowest BCUT2D eigenvalue weighted by Gasteiger charge is -2.16. The SMILES string of the molecule is CCC(CC(=O)O)Cn1nnnc1CC1CCCCCC1. The Morgan fingerprint density at radius 1 is 1.33 bits per heavy atom. The smallest absolute Gasteiger partial charge is 0.303 e. The van der Waals surface area contributed by atoms with Gasteiger partial charge in [-0.05, 0) is 22.3 Å². The van der Waals surface area contributed by atoms with Crippen LogP contribution in [-0.2, 0) is 17.8 Å². The van der Waals surface area contributed by atoms with Crippen molar-refractivity contribution in [3.8, 4) is 0 Å². The zero-order chi connectivity index (χ0) is 15.1. The molecule has 1 aromatic rings. The van der Waals surface area contributed by atoms with Gasteiger partial charge in [-0.25, -0.2) is 4.68 Å². The van der Waals surface area contributed by atoms with Gasteiger partial charge in [-0.1, -0.05) is 51.9 Å². The summed E-state index contributed by atoms with van der Waals surface area (Å²) < 4.78 is 1.82. The highest BCUT2D eigenvalue weighted by Gasteiger charge is 2.19. The van der Waals surface area contributed by atoms with Crippen LogP contribution in [0.25, 0.3) is 0 Å². The third-order valence-electron chi connectivity index (χ3n) is 4.52. The summed E-state index contributed by atoms with van der Waals surface area (Å²) >= 11 is 0. The zero-order valence-electron chi connectivity index (χ0n) is 12.9. The van der Waals surface area contributed by atoms with E-state index in [1.807, 2.05) is 11.6 Å². The molecule has 0 aromatic carbocycles. The maximum absolute atomic E-state index is 10.9. The van der Waals surface area contributed by atoms with Crippen LogP contribution >= 0.6 is 0 Å². The van der Waals surface area contributed by atoms with Crippen molar-refractivity contribution in [2.45, 2.75) is 71.3 Å². The fourth-order valence-corrected chi connectivity index (χ4v) is 3.17. The van der Waals surface area contributed by atoms with E-state index >= 15 is 0 Å². The topological polar surface area (TPSA) is 80.9 Å². The second kappa shape index (κ2) is 8.10. The Morgan fingerprint density at radius 3 is 2.67 bits per heavy atom. The first-order chi connectivity index (χ1) is 10.2. The summed E-state index contributed by atoms with van der Waals surface area (Å²) in [4.78, 5) is 10.9. The van der Waals surface area contributed by atoms with Crippen LogP contribution in [0, 0.1) is 11.8 Å². The van der Waals surface area contributed by atoms with Gasteiger partial charge in [0.15, 0.2) is 5.82 Å². The molecule has 1 heterocycles. The fourth-order valence-electron chi connectivity index (χ4n) is 3.17. The molecule has 118 valence electrons. The number of carbonyl (C=O) groups is 1. The van der Waals surface area contributed by atoms with Gasteiger partial charge in [0.2, 0.25) is 0 Å². The number of hydrogen-bond acceptors (Lipinski definition) is 4. The molecule has 0 bridgehead atoms. The maximum Gasteiger partial charge on any atom is 0.303 e. The van der Waals surface area contributed by atoms with Gasteiger partial charge < -0.3 is 5.11 Å². The van der Waals surface area contributed by atoms with Crippen molar-refractivity contribution in [3.05, 3.63) is 5.82 Å². The standard InChI is InChI=1S/C15H26N4O2/c1-2-12(10-15(20)21)11-19-14(16-17-18-19)9-13-7-5-3-4-6-8-13/h12-13H,2-11H2,1H3,(H,20,21). The molecule has 1 aliphatic carbocycles. The molecule has 6 nitrogen and oxygen atoms in total. The van der Waals surface area contributed by atoms with Gasteiger partial charge in [-0.15, -0.1) is 5.10 Å². The van der Waals surface area contributed by atoms with Gasteiger partial charge in [0.1, 0.15) is 0 Å². The Labute approximate surface area is 125 Å². The van der Waals surface area contributed by atoms with Crippen molar-refractivity contribution in [1.82, 2.24) is 20.2 Å². The van der Waals surface area contributed by atoms with Crippen molar-refractivity contribution in [2.75, 3.05) is 0 Å². The molecule has 1 unspecified atom stereocenters. The van der Waals surface area contributed by atoms with Crippen LogP contribution < -0.4 is 0 Å². The molecule has 1 atom stereocenters. The molecule has 0 spiro atoms. The molecule has 1 aromatic heterocycles. The van der Waals surface area contributed by atoms with E-state index in [4.69, 9.17) is 5.11 Å². The molecule has 1 saturated carbocycles. The quantitative estimate of drug-likeness (QED) is 0.782. The minimum absolute atomic E-state index is 0.0962. The first-order valence-corrected chi connectivity index (χ1v) is 8.15. The Hall–Kier alpha value is -1.46.